The lowest BCUT2D eigenvalue weighted by molar-refractivity contribution is -0.117. The molecule has 2 aliphatic heterocycles. The number of carbonyl (C=O) groups is 1. The predicted octanol–water partition coefficient (Wildman–Crippen LogP) is 4.24. The maximum absolute atomic E-state index is 12.9. The Morgan fingerprint density at radius 3 is 2.97 bits per heavy atom. The summed E-state index contributed by atoms with van der Waals surface area (Å²) >= 11 is 1.52. The molecule has 1 saturated heterocycles. The molecular weight excluding hydrogens is 404 g/mol. The second-order valence-electron chi connectivity index (χ2n) is 8.46. The van der Waals surface area contributed by atoms with Gasteiger partial charge in [-0.15, -0.1) is 0 Å². The summed E-state index contributed by atoms with van der Waals surface area (Å²) in [5, 5.41) is 4.24. The quantitative estimate of drug-likeness (QED) is 0.607. The van der Waals surface area contributed by atoms with Crippen molar-refractivity contribution in [2.75, 3.05) is 26.2 Å². The summed E-state index contributed by atoms with van der Waals surface area (Å²) in [6.07, 6.45) is 8.50. The topological polar surface area (TPSA) is 49.6 Å². The minimum Gasteiger partial charge on any atom is -0.351 e. The number of hydrogen-bond acceptors (Lipinski definition) is 4. The number of likely N-dealkylation sites (tertiary alicyclic amines) is 1. The molecule has 0 saturated carbocycles. The number of hydrogen-bond donors (Lipinski definition) is 1. The highest BCUT2D eigenvalue weighted by Gasteiger charge is 2.23. The average molecular weight is 433 g/mol. The van der Waals surface area contributed by atoms with Crippen LogP contribution in [0, 0.1) is 5.92 Å². The van der Waals surface area contributed by atoms with Crippen molar-refractivity contribution in [2.24, 2.45) is 5.92 Å². The van der Waals surface area contributed by atoms with E-state index in [1.807, 2.05) is 30.5 Å². The largest absolute Gasteiger partial charge is 0.351 e. The molecule has 0 bridgehead atoms. The Hall–Kier alpha value is -2.57. The van der Waals surface area contributed by atoms with Gasteiger partial charge in [-0.1, -0.05) is 48.2 Å². The van der Waals surface area contributed by atoms with Crippen molar-refractivity contribution in [2.45, 2.75) is 30.7 Å². The first-order valence-electron chi connectivity index (χ1n) is 11.2. The molecule has 1 unspecified atom stereocenters. The van der Waals surface area contributed by atoms with Gasteiger partial charge in [0.15, 0.2) is 0 Å². The van der Waals surface area contributed by atoms with Crippen molar-refractivity contribution < 1.29 is 4.79 Å². The molecule has 4 heterocycles. The number of piperidine rings is 1. The lowest BCUT2D eigenvalue weighted by atomic mass is 9.97. The summed E-state index contributed by atoms with van der Waals surface area (Å²) in [7, 11) is 0. The molecule has 31 heavy (non-hydrogen) atoms. The third kappa shape index (κ3) is 4.70. The Morgan fingerprint density at radius 2 is 2.06 bits per heavy atom. The fraction of sp³-hybridized carbons (Fsp3) is 0.360. The Balaban J connectivity index is 1.11. The van der Waals surface area contributed by atoms with Crippen molar-refractivity contribution in [3.8, 4) is 0 Å². The zero-order chi connectivity index (χ0) is 21.0. The van der Waals surface area contributed by atoms with Gasteiger partial charge in [0.05, 0.1) is 21.8 Å². The fourth-order valence-corrected chi connectivity index (χ4v) is 5.60. The molecule has 1 N–H and O–H groups in total. The highest BCUT2D eigenvalue weighted by Crippen LogP contribution is 2.34. The summed E-state index contributed by atoms with van der Waals surface area (Å²) in [4.78, 5) is 20.6. The van der Waals surface area contributed by atoms with Gasteiger partial charge in [-0.2, -0.15) is 0 Å². The molecule has 6 heteroatoms. The predicted molar refractivity (Wildman–Crippen MR) is 126 cm³/mol. The number of rotatable bonds is 7. The molecule has 0 spiro atoms. The smallest absolute Gasteiger partial charge is 0.258 e. The minimum atomic E-state index is 0.0238. The van der Waals surface area contributed by atoms with Crippen molar-refractivity contribution in [3.05, 3.63) is 70.9 Å². The summed E-state index contributed by atoms with van der Waals surface area (Å²) in [5.41, 5.74) is 3.31. The molecule has 2 aromatic heterocycles. The molecule has 2 aliphatic rings. The fourth-order valence-electron chi connectivity index (χ4n) is 4.60. The SMILES string of the molecule is O=C(NCC1CCCN(CCCc2ccccc2)C1)C1=Cc2cnc3cccc(n23)S1. The van der Waals surface area contributed by atoms with E-state index in [0.717, 1.165) is 47.3 Å². The lowest BCUT2D eigenvalue weighted by Gasteiger charge is -2.33. The van der Waals surface area contributed by atoms with Gasteiger partial charge in [0.2, 0.25) is 0 Å². The molecule has 5 rings (SSSR count). The molecule has 1 aromatic carbocycles. The summed E-state index contributed by atoms with van der Waals surface area (Å²) in [6.45, 7) is 4.13. The Labute approximate surface area is 187 Å². The van der Waals surface area contributed by atoms with E-state index in [-0.39, 0.29) is 5.91 Å². The van der Waals surface area contributed by atoms with E-state index in [9.17, 15) is 4.79 Å². The zero-order valence-electron chi connectivity index (χ0n) is 17.7. The standard InChI is InChI=1S/C25H28N4OS/c30-25(22-15-21-17-26-23-11-4-12-24(31-22)29(21)23)27-16-20-10-6-14-28(18-20)13-5-9-19-7-2-1-3-8-19/h1-4,7-8,11-12,15,17,20H,5-6,9-10,13-14,16,18H2,(H,27,30). The molecule has 0 radical (unpaired) electrons. The van der Waals surface area contributed by atoms with Crippen molar-refractivity contribution in [3.63, 3.8) is 0 Å². The van der Waals surface area contributed by atoms with Gasteiger partial charge in [-0.05, 0) is 68.5 Å². The van der Waals surface area contributed by atoms with Crippen LogP contribution in [0.15, 0.2) is 64.7 Å². The third-order valence-electron chi connectivity index (χ3n) is 6.18. The van der Waals surface area contributed by atoms with Crippen LogP contribution in [-0.4, -0.2) is 46.4 Å². The van der Waals surface area contributed by atoms with Gasteiger partial charge < -0.3 is 10.2 Å². The van der Waals surface area contributed by atoms with Crippen LogP contribution in [0.4, 0.5) is 0 Å². The number of nitrogens with zero attached hydrogens (tertiary/aromatic N) is 3. The molecule has 5 nitrogen and oxygen atoms in total. The monoisotopic (exact) mass is 432 g/mol. The second kappa shape index (κ2) is 9.28. The number of carbonyl (C=O) groups excluding carboxylic acids is 1. The Morgan fingerprint density at radius 1 is 1.16 bits per heavy atom. The number of thioether (sulfide) groups is 1. The van der Waals surface area contributed by atoms with Crippen LogP contribution < -0.4 is 5.32 Å². The number of benzene rings is 1. The van der Waals surface area contributed by atoms with Crippen molar-refractivity contribution >= 4 is 29.4 Å². The highest BCUT2D eigenvalue weighted by molar-refractivity contribution is 8.04. The first-order valence-corrected chi connectivity index (χ1v) is 12.0. The molecule has 3 aromatic rings. The van der Waals surface area contributed by atoms with E-state index in [1.165, 1.54) is 43.1 Å². The van der Waals surface area contributed by atoms with Crippen LogP contribution in [-0.2, 0) is 11.2 Å². The maximum Gasteiger partial charge on any atom is 0.258 e. The van der Waals surface area contributed by atoms with Gasteiger partial charge in [0.1, 0.15) is 5.65 Å². The molecule has 1 atom stereocenters. The maximum atomic E-state index is 12.9. The van der Waals surface area contributed by atoms with Gasteiger partial charge >= 0.3 is 0 Å². The molecule has 0 aliphatic carbocycles. The summed E-state index contributed by atoms with van der Waals surface area (Å²) < 4.78 is 2.09. The zero-order valence-corrected chi connectivity index (χ0v) is 18.5. The van der Waals surface area contributed by atoms with E-state index in [1.54, 1.807) is 0 Å². The van der Waals surface area contributed by atoms with Crippen LogP contribution >= 0.6 is 11.8 Å². The normalized spacial score (nSPS) is 18.7. The third-order valence-corrected chi connectivity index (χ3v) is 7.23. The second-order valence-corrected chi connectivity index (χ2v) is 9.52. The number of nitrogens with one attached hydrogen (secondary N) is 1. The Bertz CT molecular complexity index is 1090. The van der Waals surface area contributed by atoms with Crippen LogP contribution in [0.2, 0.25) is 0 Å². The molecule has 160 valence electrons. The van der Waals surface area contributed by atoms with Gasteiger partial charge in [-0.3, -0.25) is 9.20 Å². The molecular formula is C25H28N4OS. The van der Waals surface area contributed by atoms with Crippen LogP contribution in [0.3, 0.4) is 0 Å². The van der Waals surface area contributed by atoms with Gasteiger partial charge in [0.25, 0.3) is 5.91 Å². The lowest BCUT2D eigenvalue weighted by Crippen LogP contribution is -2.41. The van der Waals surface area contributed by atoms with E-state index >= 15 is 0 Å². The van der Waals surface area contributed by atoms with E-state index in [4.69, 9.17) is 0 Å². The Kier molecular flexibility index (Phi) is 6.09. The van der Waals surface area contributed by atoms with Crippen LogP contribution in [0.25, 0.3) is 11.7 Å². The van der Waals surface area contributed by atoms with Gasteiger partial charge in [-0.25, -0.2) is 4.98 Å². The van der Waals surface area contributed by atoms with Crippen molar-refractivity contribution in [1.82, 2.24) is 19.6 Å². The average Bonchev–Trinajstić information content (AvgIpc) is 3.23. The molecule has 1 amide bonds. The summed E-state index contributed by atoms with van der Waals surface area (Å²) in [5.74, 6) is 0.549. The first kappa shape index (κ1) is 20.3. The number of imidazole rings is 1. The van der Waals surface area contributed by atoms with Gasteiger partial charge in [0, 0.05) is 13.1 Å². The number of amides is 1. The highest BCUT2D eigenvalue weighted by atomic mass is 32.2. The number of pyridine rings is 1. The van der Waals surface area contributed by atoms with Crippen LogP contribution in [0.1, 0.15) is 30.5 Å². The van der Waals surface area contributed by atoms with Crippen molar-refractivity contribution in [1.29, 1.82) is 0 Å². The number of aryl methyl sites for hydroxylation is 1. The minimum absolute atomic E-state index is 0.0238. The molecule has 1 fully saturated rings. The van der Waals surface area contributed by atoms with E-state index in [0.29, 0.717) is 5.92 Å². The number of aromatic nitrogens is 2. The van der Waals surface area contributed by atoms with E-state index < -0.39 is 0 Å². The first-order chi connectivity index (χ1) is 15.3. The summed E-state index contributed by atoms with van der Waals surface area (Å²) in [6, 6.07) is 16.7. The van der Waals surface area contributed by atoms with Crippen LogP contribution in [0.5, 0.6) is 0 Å². The van der Waals surface area contributed by atoms with E-state index in [2.05, 4.69) is 49.9 Å².